The topological polar surface area (TPSA) is 26.0 Å². The monoisotopic (exact) mass is 283 g/mol. The molecular weight excluding hydrogens is 242 g/mol. The molecule has 3 unspecified atom stereocenters. The Hall–Kier alpha value is -0.0400. The zero-order valence-electron chi connectivity index (χ0n) is 14.8. The van der Waals surface area contributed by atoms with Crippen molar-refractivity contribution in [3.63, 3.8) is 0 Å². The van der Waals surface area contributed by atoms with Crippen LogP contribution in [-0.2, 0) is 0 Å². The maximum atomic E-state index is 5.98. The average Bonchev–Trinajstić information content (AvgIpc) is 2.48. The summed E-state index contributed by atoms with van der Waals surface area (Å²) in [5.41, 5.74) is 5.98. The van der Waals surface area contributed by atoms with Crippen LogP contribution in [0.3, 0.4) is 0 Å². The number of hydrogen-bond acceptors (Lipinski definition) is 1. The van der Waals surface area contributed by atoms with Crippen LogP contribution < -0.4 is 5.73 Å². The van der Waals surface area contributed by atoms with E-state index in [4.69, 9.17) is 5.73 Å². The van der Waals surface area contributed by atoms with E-state index >= 15 is 0 Å². The van der Waals surface area contributed by atoms with Crippen molar-refractivity contribution < 1.29 is 0 Å². The molecule has 3 atom stereocenters. The van der Waals surface area contributed by atoms with Gasteiger partial charge in [0.2, 0.25) is 0 Å². The van der Waals surface area contributed by atoms with Crippen molar-refractivity contribution in [2.75, 3.05) is 6.54 Å². The lowest BCUT2D eigenvalue weighted by molar-refractivity contribution is 0.334. The fourth-order valence-electron chi connectivity index (χ4n) is 3.47. The van der Waals surface area contributed by atoms with Crippen LogP contribution in [0.4, 0.5) is 0 Å². The molecular formula is C19H41N. The van der Waals surface area contributed by atoms with E-state index in [1.807, 2.05) is 0 Å². The van der Waals surface area contributed by atoms with E-state index in [9.17, 15) is 0 Å². The Morgan fingerprint density at radius 2 is 1.05 bits per heavy atom. The predicted molar refractivity (Wildman–Crippen MR) is 93.0 cm³/mol. The van der Waals surface area contributed by atoms with Crippen LogP contribution in [0.15, 0.2) is 0 Å². The third-order valence-electron chi connectivity index (χ3n) is 5.09. The third kappa shape index (κ3) is 9.80. The Morgan fingerprint density at radius 3 is 1.50 bits per heavy atom. The first-order valence-corrected chi connectivity index (χ1v) is 9.41. The van der Waals surface area contributed by atoms with Gasteiger partial charge in [-0.05, 0) is 37.1 Å². The second-order valence-electron chi connectivity index (χ2n) is 6.74. The first kappa shape index (κ1) is 20.0. The molecule has 0 saturated heterocycles. The molecule has 20 heavy (non-hydrogen) atoms. The average molecular weight is 284 g/mol. The summed E-state index contributed by atoms with van der Waals surface area (Å²) in [5.74, 6) is 2.68. The van der Waals surface area contributed by atoms with E-state index in [0.717, 1.165) is 24.3 Å². The molecule has 122 valence electrons. The van der Waals surface area contributed by atoms with E-state index in [1.54, 1.807) is 0 Å². The van der Waals surface area contributed by atoms with Gasteiger partial charge in [0.1, 0.15) is 0 Å². The van der Waals surface area contributed by atoms with E-state index in [0.29, 0.717) is 0 Å². The highest BCUT2D eigenvalue weighted by atomic mass is 14.5. The Labute approximate surface area is 129 Å². The molecule has 1 heteroatoms. The maximum Gasteiger partial charge on any atom is -0.00489 e. The van der Waals surface area contributed by atoms with Crippen LogP contribution in [0.1, 0.15) is 98.3 Å². The molecule has 0 radical (unpaired) electrons. The summed E-state index contributed by atoms with van der Waals surface area (Å²) in [6, 6.07) is 0. The fraction of sp³-hybridized carbons (Fsp3) is 1.00. The van der Waals surface area contributed by atoms with Crippen molar-refractivity contribution in [2.24, 2.45) is 23.5 Å². The molecule has 0 aliphatic heterocycles. The molecule has 1 nitrogen and oxygen atoms in total. The molecule has 0 aromatic rings. The van der Waals surface area contributed by atoms with Gasteiger partial charge >= 0.3 is 0 Å². The maximum absolute atomic E-state index is 5.98. The van der Waals surface area contributed by atoms with Gasteiger partial charge in [-0.15, -0.1) is 0 Å². The Kier molecular flexibility index (Phi) is 13.9. The summed E-state index contributed by atoms with van der Waals surface area (Å²) < 4.78 is 0. The summed E-state index contributed by atoms with van der Waals surface area (Å²) in [5, 5.41) is 0. The normalized spacial score (nSPS) is 16.1. The first-order chi connectivity index (χ1) is 9.71. The molecule has 0 heterocycles. The summed E-state index contributed by atoms with van der Waals surface area (Å²) in [4.78, 5) is 0. The number of rotatable bonds is 14. The number of nitrogens with two attached hydrogens (primary N) is 1. The van der Waals surface area contributed by atoms with Gasteiger partial charge in [0.25, 0.3) is 0 Å². The van der Waals surface area contributed by atoms with Gasteiger partial charge in [0.05, 0.1) is 0 Å². The highest BCUT2D eigenvalue weighted by Gasteiger charge is 2.12. The van der Waals surface area contributed by atoms with Crippen LogP contribution in [0, 0.1) is 17.8 Å². The molecule has 0 aliphatic rings. The number of hydrogen-bond donors (Lipinski definition) is 1. The molecule has 0 spiro atoms. The van der Waals surface area contributed by atoms with Crippen molar-refractivity contribution in [1.82, 2.24) is 0 Å². The lowest BCUT2D eigenvalue weighted by atomic mass is 9.87. The Morgan fingerprint density at radius 1 is 0.600 bits per heavy atom. The van der Waals surface area contributed by atoms with Crippen LogP contribution in [-0.4, -0.2) is 6.54 Å². The van der Waals surface area contributed by atoms with Crippen molar-refractivity contribution in [1.29, 1.82) is 0 Å². The highest BCUT2D eigenvalue weighted by Crippen LogP contribution is 2.24. The van der Waals surface area contributed by atoms with Crippen LogP contribution in [0.25, 0.3) is 0 Å². The van der Waals surface area contributed by atoms with E-state index < -0.39 is 0 Å². The summed E-state index contributed by atoms with van der Waals surface area (Å²) in [7, 11) is 0. The molecule has 0 amide bonds. The van der Waals surface area contributed by atoms with E-state index in [2.05, 4.69) is 27.7 Å². The Bertz CT molecular complexity index is 190. The van der Waals surface area contributed by atoms with E-state index in [-0.39, 0.29) is 0 Å². The quantitative estimate of drug-likeness (QED) is 0.405. The highest BCUT2D eigenvalue weighted by molar-refractivity contribution is 4.66. The second kappa shape index (κ2) is 13.9. The zero-order chi connectivity index (χ0) is 15.2. The Balaban J connectivity index is 3.85. The van der Waals surface area contributed by atoms with Crippen molar-refractivity contribution in [3.05, 3.63) is 0 Å². The molecule has 0 bridgehead atoms. The lowest BCUT2D eigenvalue weighted by Crippen LogP contribution is -2.16. The van der Waals surface area contributed by atoms with Crippen molar-refractivity contribution in [3.8, 4) is 0 Å². The summed E-state index contributed by atoms with van der Waals surface area (Å²) in [6.07, 6.45) is 15.1. The van der Waals surface area contributed by atoms with Crippen LogP contribution in [0.2, 0.25) is 0 Å². The SMILES string of the molecule is CCCC(CC)CCCC(CN)CCC(CC)CCC. The van der Waals surface area contributed by atoms with Gasteiger partial charge in [-0.1, -0.05) is 85.5 Å². The lowest BCUT2D eigenvalue weighted by Gasteiger charge is -2.20. The van der Waals surface area contributed by atoms with Gasteiger partial charge < -0.3 is 5.73 Å². The molecule has 0 aromatic carbocycles. The first-order valence-electron chi connectivity index (χ1n) is 9.41. The van der Waals surface area contributed by atoms with Gasteiger partial charge in [0, 0.05) is 0 Å². The molecule has 0 fully saturated rings. The van der Waals surface area contributed by atoms with Crippen molar-refractivity contribution in [2.45, 2.75) is 98.3 Å². The fourth-order valence-corrected chi connectivity index (χ4v) is 3.47. The van der Waals surface area contributed by atoms with E-state index in [1.165, 1.54) is 70.6 Å². The zero-order valence-corrected chi connectivity index (χ0v) is 14.8. The van der Waals surface area contributed by atoms with Gasteiger partial charge in [0.15, 0.2) is 0 Å². The largest absolute Gasteiger partial charge is 0.330 e. The van der Waals surface area contributed by atoms with Gasteiger partial charge in [-0.25, -0.2) is 0 Å². The summed E-state index contributed by atoms with van der Waals surface area (Å²) >= 11 is 0. The summed E-state index contributed by atoms with van der Waals surface area (Å²) in [6.45, 7) is 10.2. The second-order valence-corrected chi connectivity index (χ2v) is 6.74. The predicted octanol–water partition coefficient (Wildman–Crippen LogP) is 6.16. The smallest absolute Gasteiger partial charge is 0.00489 e. The van der Waals surface area contributed by atoms with Gasteiger partial charge in [-0.2, -0.15) is 0 Å². The minimum absolute atomic E-state index is 0.778. The molecule has 2 N–H and O–H groups in total. The standard InChI is InChI=1S/C19H41N/c1-5-10-17(7-3)12-9-13-19(16-20)15-14-18(8-4)11-6-2/h17-19H,5-16,20H2,1-4H3. The molecule has 0 aromatic heterocycles. The van der Waals surface area contributed by atoms with Crippen LogP contribution in [0.5, 0.6) is 0 Å². The van der Waals surface area contributed by atoms with Crippen LogP contribution >= 0.6 is 0 Å². The van der Waals surface area contributed by atoms with Crippen molar-refractivity contribution >= 4 is 0 Å². The molecule has 0 aliphatic carbocycles. The van der Waals surface area contributed by atoms with Gasteiger partial charge in [-0.3, -0.25) is 0 Å². The molecule has 0 rings (SSSR count). The minimum Gasteiger partial charge on any atom is -0.330 e. The molecule has 0 saturated carbocycles. The third-order valence-corrected chi connectivity index (χ3v) is 5.09. The minimum atomic E-state index is 0.778.